The lowest BCUT2D eigenvalue weighted by Gasteiger charge is -2.46. The third-order valence-electron chi connectivity index (χ3n) is 5.53. The van der Waals surface area contributed by atoms with Gasteiger partial charge in [-0.2, -0.15) is 0 Å². The molecular weight excluding hydrogens is 326 g/mol. The minimum atomic E-state index is 0.408. The minimum Gasteiger partial charge on any atom is -0.308 e. The zero-order chi connectivity index (χ0) is 14.3. The topological polar surface area (TPSA) is 28.2 Å². The van der Waals surface area contributed by atoms with Crippen LogP contribution in [0.2, 0.25) is 0 Å². The number of hydrogen-bond donors (Lipinski definition) is 1. The van der Waals surface area contributed by atoms with E-state index in [9.17, 15) is 0 Å². The summed E-state index contributed by atoms with van der Waals surface area (Å²) in [6, 6.07) is 2.95. The lowest BCUT2D eigenvalue weighted by atomic mass is 9.90. The van der Waals surface area contributed by atoms with Crippen molar-refractivity contribution in [2.75, 3.05) is 13.1 Å². The molecule has 3 aliphatic rings. The zero-order valence-electron chi connectivity index (χ0n) is 12.5. The SMILES string of the molecule is Brc1cncc(CN2CC3(CCCC3)NCC2C2CC2)c1. The zero-order valence-corrected chi connectivity index (χ0v) is 14.1. The Kier molecular flexibility index (Phi) is 3.80. The molecule has 0 bridgehead atoms. The lowest BCUT2D eigenvalue weighted by Crippen LogP contribution is -2.63. The number of hydrogen-bond acceptors (Lipinski definition) is 3. The van der Waals surface area contributed by atoms with Gasteiger partial charge in [-0.15, -0.1) is 0 Å². The number of aromatic nitrogens is 1. The van der Waals surface area contributed by atoms with Crippen molar-refractivity contribution in [2.45, 2.75) is 56.7 Å². The Morgan fingerprint density at radius 3 is 2.81 bits per heavy atom. The normalized spacial score (nSPS) is 29.1. The first-order valence-electron chi connectivity index (χ1n) is 8.33. The summed E-state index contributed by atoms with van der Waals surface area (Å²) in [5.41, 5.74) is 1.75. The Hall–Kier alpha value is -0.450. The van der Waals surface area contributed by atoms with Gasteiger partial charge in [0, 0.05) is 48.1 Å². The molecule has 1 unspecified atom stereocenters. The van der Waals surface area contributed by atoms with Crippen LogP contribution >= 0.6 is 15.9 Å². The van der Waals surface area contributed by atoms with E-state index in [2.05, 4.69) is 37.2 Å². The van der Waals surface area contributed by atoms with Crippen molar-refractivity contribution in [1.82, 2.24) is 15.2 Å². The van der Waals surface area contributed by atoms with Crippen LogP contribution in [0, 0.1) is 5.92 Å². The number of rotatable bonds is 3. The molecule has 21 heavy (non-hydrogen) atoms. The monoisotopic (exact) mass is 349 g/mol. The number of piperazine rings is 1. The van der Waals surface area contributed by atoms with Gasteiger partial charge in [-0.05, 0) is 59.2 Å². The van der Waals surface area contributed by atoms with Gasteiger partial charge >= 0.3 is 0 Å². The van der Waals surface area contributed by atoms with E-state index in [1.54, 1.807) is 0 Å². The Labute approximate surface area is 135 Å². The average Bonchev–Trinajstić information content (AvgIpc) is 3.21. The molecule has 2 saturated carbocycles. The first-order valence-corrected chi connectivity index (χ1v) is 9.12. The molecule has 4 rings (SSSR count). The highest BCUT2D eigenvalue weighted by molar-refractivity contribution is 9.10. The molecular formula is C17H24BrN3. The number of nitrogens with zero attached hydrogens (tertiary/aromatic N) is 2. The van der Waals surface area contributed by atoms with Crippen LogP contribution in [0.25, 0.3) is 0 Å². The van der Waals surface area contributed by atoms with Gasteiger partial charge in [0.1, 0.15) is 0 Å². The van der Waals surface area contributed by atoms with E-state index < -0.39 is 0 Å². The molecule has 0 radical (unpaired) electrons. The summed E-state index contributed by atoms with van der Waals surface area (Å²) in [5.74, 6) is 0.927. The van der Waals surface area contributed by atoms with Crippen molar-refractivity contribution in [1.29, 1.82) is 0 Å². The van der Waals surface area contributed by atoms with Crippen LogP contribution < -0.4 is 5.32 Å². The van der Waals surface area contributed by atoms with Crippen molar-refractivity contribution < 1.29 is 0 Å². The molecule has 1 spiro atoms. The number of halogens is 1. The van der Waals surface area contributed by atoms with E-state index in [1.807, 2.05) is 12.4 Å². The van der Waals surface area contributed by atoms with Crippen molar-refractivity contribution in [3.05, 3.63) is 28.5 Å². The lowest BCUT2D eigenvalue weighted by molar-refractivity contribution is 0.0626. The maximum Gasteiger partial charge on any atom is 0.0410 e. The largest absolute Gasteiger partial charge is 0.308 e. The Bertz CT molecular complexity index is 509. The fourth-order valence-corrected chi connectivity index (χ4v) is 4.71. The Morgan fingerprint density at radius 2 is 2.10 bits per heavy atom. The quantitative estimate of drug-likeness (QED) is 0.906. The van der Waals surface area contributed by atoms with E-state index in [-0.39, 0.29) is 0 Å². The minimum absolute atomic E-state index is 0.408. The molecule has 0 aromatic carbocycles. The maximum atomic E-state index is 4.34. The summed E-state index contributed by atoms with van der Waals surface area (Å²) in [5, 5.41) is 3.93. The molecule has 1 N–H and O–H groups in total. The molecule has 1 saturated heterocycles. The maximum absolute atomic E-state index is 4.34. The molecule has 2 heterocycles. The van der Waals surface area contributed by atoms with Gasteiger partial charge in [0.15, 0.2) is 0 Å². The van der Waals surface area contributed by atoms with Crippen LogP contribution in [-0.4, -0.2) is 34.6 Å². The summed E-state index contributed by atoms with van der Waals surface area (Å²) in [4.78, 5) is 7.09. The average molecular weight is 350 g/mol. The third kappa shape index (κ3) is 3.03. The van der Waals surface area contributed by atoms with Crippen LogP contribution in [0.3, 0.4) is 0 Å². The summed E-state index contributed by atoms with van der Waals surface area (Å²) >= 11 is 3.55. The molecule has 1 aliphatic heterocycles. The van der Waals surface area contributed by atoms with Crippen molar-refractivity contribution in [2.24, 2.45) is 5.92 Å². The highest BCUT2D eigenvalue weighted by Crippen LogP contribution is 2.41. The molecule has 2 aliphatic carbocycles. The molecule has 1 aromatic heterocycles. The van der Waals surface area contributed by atoms with Crippen LogP contribution in [0.4, 0.5) is 0 Å². The van der Waals surface area contributed by atoms with Gasteiger partial charge in [0.05, 0.1) is 0 Å². The second-order valence-electron chi connectivity index (χ2n) is 7.19. The van der Waals surface area contributed by atoms with E-state index in [0.717, 1.165) is 23.0 Å². The van der Waals surface area contributed by atoms with Crippen molar-refractivity contribution in [3.63, 3.8) is 0 Å². The van der Waals surface area contributed by atoms with Gasteiger partial charge in [0.2, 0.25) is 0 Å². The molecule has 114 valence electrons. The van der Waals surface area contributed by atoms with E-state index in [0.29, 0.717) is 5.54 Å². The summed E-state index contributed by atoms with van der Waals surface area (Å²) < 4.78 is 1.09. The number of nitrogens with one attached hydrogen (secondary N) is 1. The van der Waals surface area contributed by atoms with Gasteiger partial charge in [-0.25, -0.2) is 0 Å². The number of pyridine rings is 1. The Balaban J connectivity index is 1.53. The molecule has 4 heteroatoms. The highest BCUT2D eigenvalue weighted by atomic mass is 79.9. The first-order chi connectivity index (χ1) is 10.2. The van der Waals surface area contributed by atoms with Crippen molar-refractivity contribution >= 4 is 15.9 Å². The molecule has 1 aromatic rings. The van der Waals surface area contributed by atoms with Gasteiger partial charge in [-0.1, -0.05) is 12.8 Å². The van der Waals surface area contributed by atoms with Gasteiger partial charge < -0.3 is 5.32 Å². The van der Waals surface area contributed by atoms with Crippen molar-refractivity contribution in [3.8, 4) is 0 Å². The van der Waals surface area contributed by atoms with Crippen LogP contribution in [0.1, 0.15) is 44.1 Å². The third-order valence-corrected chi connectivity index (χ3v) is 5.97. The fraction of sp³-hybridized carbons (Fsp3) is 0.706. The fourth-order valence-electron chi connectivity index (χ4n) is 4.29. The molecule has 3 fully saturated rings. The van der Waals surface area contributed by atoms with Crippen LogP contribution in [0.15, 0.2) is 22.9 Å². The predicted octanol–water partition coefficient (Wildman–Crippen LogP) is 3.34. The Morgan fingerprint density at radius 1 is 1.29 bits per heavy atom. The van der Waals surface area contributed by atoms with Gasteiger partial charge in [-0.3, -0.25) is 9.88 Å². The van der Waals surface area contributed by atoms with E-state index >= 15 is 0 Å². The highest BCUT2D eigenvalue weighted by Gasteiger charge is 2.45. The molecule has 1 atom stereocenters. The predicted molar refractivity (Wildman–Crippen MR) is 88.1 cm³/mol. The second kappa shape index (κ2) is 5.64. The van der Waals surface area contributed by atoms with E-state index in [1.165, 1.54) is 57.2 Å². The summed E-state index contributed by atoms with van der Waals surface area (Å²) in [6.45, 7) is 3.46. The summed E-state index contributed by atoms with van der Waals surface area (Å²) in [7, 11) is 0. The smallest absolute Gasteiger partial charge is 0.0410 e. The second-order valence-corrected chi connectivity index (χ2v) is 8.11. The first kappa shape index (κ1) is 14.2. The van der Waals surface area contributed by atoms with Crippen LogP contribution in [-0.2, 0) is 6.54 Å². The molecule has 0 amide bonds. The summed E-state index contributed by atoms with van der Waals surface area (Å²) in [6.07, 6.45) is 12.3. The molecule has 3 nitrogen and oxygen atoms in total. The van der Waals surface area contributed by atoms with E-state index in [4.69, 9.17) is 0 Å². The standard InChI is InChI=1S/C17H24BrN3/c18-15-7-13(8-19-9-15)11-21-12-17(5-1-2-6-17)20-10-16(21)14-3-4-14/h7-9,14,16,20H,1-6,10-12H2. The van der Waals surface area contributed by atoms with Crippen LogP contribution in [0.5, 0.6) is 0 Å². The van der Waals surface area contributed by atoms with Gasteiger partial charge in [0.25, 0.3) is 0 Å².